The SMILES string of the molecule is BrCCCCCCOc1cccc(-c2cc3[nH]c2C=c2ccc([nH]2)=Cc2ccc([nH]2)C=c2ccc([nH]2)=C3)c1.[Mg+2]. The second-order valence-corrected chi connectivity index (χ2v) is 10.5. The predicted molar refractivity (Wildman–Crippen MR) is 165 cm³/mol. The molecule has 4 N–H and O–H groups in total. The van der Waals surface area contributed by atoms with Crippen LogP contribution in [0.25, 0.3) is 35.4 Å². The van der Waals surface area contributed by atoms with Crippen molar-refractivity contribution in [1.82, 2.24) is 19.9 Å². The molecule has 0 saturated heterocycles. The molecule has 192 valence electrons. The van der Waals surface area contributed by atoms with E-state index < -0.39 is 0 Å². The molecule has 1 aromatic carbocycles. The van der Waals surface area contributed by atoms with Crippen LogP contribution in [0.1, 0.15) is 48.5 Å². The van der Waals surface area contributed by atoms with E-state index in [-0.39, 0.29) is 23.1 Å². The minimum Gasteiger partial charge on any atom is -0.494 e. The maximum Gasteiger partial charge on any atom is 2.00 e. The van der Waals surface area contributed by atoms with Gasteiger partial charge in [0, 0.05) is 55.1 Å². The summed E-state index contributed by atoms with van der Waals surface area (Å²) in [5.74, 6) is 0.908. The number of alkyl halides is 1. The number of unbranched alkanes of at least 4 members (excludes halogenated alkanes) is 3. The zero-order valence-corrected chi connectivity index (χ0v) is 24.9. The summed E-state index contributed by atoms with van der Waals surface area (Å²) in [5, 5.41) is 5.25. The summed E-state index contributed by atoms with van der Waals surface area (Å²) in [6, 6.07) is 23.2. The van der Waals surface area contributed by atoms with Crippen LogP contribution >= 0.6 is 15.9 Å². The first-order valence-corrected chi connectivity index (χ1v) is 14.3. The summed E-state index contributed by atoms with van der Waals surface area (Å²) < 4.78 is 6.11. The Labute approximate surface area is 252 Å². The Balaban J connectivity index is 0.00000308. The number of halogens is 1. The third-order valence-electron chi connectivity index (χ3n) is 6.74. The van der Waals surface area contributed by atoms with Crippen LogP contribution in [0, 0.1) is 0 Å². The van der Waals surface area contributed by atoms with Crippen molar-refractivity contribution in [1.29, 1.82) is 0 Å². The van der Waals surface area contributed by atoms with Gasteiger partial charge in [-0.05, 0) is 97.3 Å². The molecule has 0 fully saturated rings. The molecule has 0 unspecified atom stereocenters. The number of H-pyrrole nitrogens is 4. The van der Waals surface area contributed by atoms with Crippen LogP contribution in [-0.2, 0) is 0 Å². The van der Waals surface area contributed by atoms with Gasteiger partial charge in [0.1, 0.15) is 5.75 Å². The number of hydrogen-bond acceptors (Lipinski definition) is 1. The standard InChI is InChI=1S/C32H31BrN4O.Mg/c33-14-3-1-2-4-15-38-30-7-5-6-22(16-30)31-20-29-19-27-11-10-25(35-27)17-23-8-9-24(34-23)18-26-12-13-28(36-26)21-32(31)37-29;/h5-13,16-21,34-37H,1-4,14-15H2;/q;+2. The van der Waals surface area contributed by atoms with E-state index in [4.69, 9.17) is 4.74 Å². The van der Waals surface area contributed by atoms with Crippen LogP contribution in [0.5, 0.6) is 5.75 Å². The number of aromatic amines is 4. The van der Waals surface area contributed by atoms with E-state index >= 15 is 0 Å². The van der Waals surface area contributed by atoms with Crippen LogP contribution in [0.15, 0.2) is 66.7 Å². The Bertz CT molecular complexity index is 1790. The quantitative estimate of drug-likeness (QED) is 0.119. The molecule has 0 saturated carbocycles. The Morgan fingerprint density at radius 2 is 1.23 bits per heavy atom. The first-order valence-electron chi connectivity index (χ1n) is 13.2. The van der Waals surface area contributed by atoms with Crippen molar-refractivity contribution in [3.05, 3.63) is 111 Å². The van der Waals surface area contributed by atoms with Crippen molar-refractivity contribution in [2.75, 3.05) is 11.9 Å². The van der Waals surface area contributed by atoms with Crippen molar-refractivity contribution < 1.29 is 4.74 Å². The van der Waals surface area contributed by atoms with Gasteiger partial charge in [0.05, 0.1) is 6.61 Å². The number of rotatable bonds is 8. The van der Waals surface area contributed by atoms with Gasteiger partial charge in [-0.25, -0.2) is 0 Å². The zero-order chi connectivity index (χ0) is 25.7. The first-order chi connectivity index (χ1) is 18.7. The van der Waals surface area contributed by atoms with Gasteiger partial charge in [-0.15, -0.1) is 0 Å². The first kappa shape index (κ1) is 27.4. The summed E-state index contributed by atoms with van der Waals surface area (Å²) >= 11 is 3.50. The molecule has 8 bridgehead atoms. The third-order valence-corrected chi connectivity index (χ3v) is 7.30. The third kappa shape index (κ3) is 6.90. The summed E-state index contributed by atoms with van der Waals surface area (Å²) in [5.41, 5.74) is 6.45. The minimum atomic E-state index is 0. The second-order valence-electron chi connectivity index (χ2n) is 9.72. The van der Waals surface area contributed by atoms with Crippen LogP contribution in [0.3, 0.4) is 0 Å². The van der Waals surface area contributed by atoms with E-state index in [1.165, 1.54) is 19.3 Å². The Hall–Kier alpha value is -3.13. The minimum absolute atomic E-state index is 0. The predicted octanol–water partition coefficient (Wildman–Crippen LogP) is 4.25. The zero-order valence-electron chi connectivity index (χ0n) is 21.9. The molecule has 7 heteroatoms. The maximum absolute atomic E-state index is 6.11. The smallest absolute Gasteiger partial charge is 0.494 e. The van der Waals surface area contributed by atoms with E-state index in [1.807, 2.05) is 6.07 Å². The molecule has 5 nitrogen and oxygen atoms in total. The fraction of sp³-hybridized carbons (Fsp3) is 0.188. The molecule has 6 rings (SSSR count). The Morgan fingerprint density at radius 3 is 1.92 bits per heavy atom. The van der Waals surface area contributed by atoms with Gasteiger partial charge in [-0.2, -0.15) is 0 Å². The van der Waals surface area contributed by atoms with E-state index in [0.717, 1.165) is 79.4 Å². The summed E-state index contributed by atoms with van der Waals surface area (Å²) in [7, 11) is 0. The Kier molecular flexibility index (Phi) is 9.01. The topological polar surface area (TPSA) is 72.4 Å². The summed E-state index contributed by atoms with van der Waals surface area (Å²) in [6.45, 7) is 0.743. The molecule has 1 aliphatic rings. The monoisotopic (exact) mass is 590 g/mol. The number of ether oxygens (including phenoxy) is 1. The van der Waals surface area contributed by atoms with Crippen LogP contribution < -0.4 is 26.1 Å². The van der Waals surface area contributed by atoms with Gasteiger partial charge in [0.2, 0.25) is 0 Å². The Morgan fingerprint density at radius 1 is 0.590 bits per heavy atom. The van der Waals surface area contributed by atoms with Gasteiger partial charge in [-0.1, -0.05) is 40.9 Å². The summed E-state index contributed by atoms with van der Waals surface area (Å²) in [4.78, 5) is 14.1. The molecule has 0 spiro atoms. The molecule has 5 aromatic rings. The molecule has 0 amide bonds. The van der Waals surface area contributed by atoms with E-state index in [0.29, 0.717) is 0 Å². The van der Waals surface area contributed by atoms with Gasteiger partial charge < -0.3 is 24.7 Å². The largest absolute Gasteiger partial charge is 2.00 e. The molecule has 39 heavy (non-hydrogen) atoms. The fourth-order valence-corrected chi connectivity index (χ4v) is 5.26. The van der Waals surface area contributed by atoms with E-state index in [2.05, 4.69) is 121 Å². The average Bonchev–Trinajstić information content (AvgIpc) is 3.72. The number of nitrogens with one attached hydrogen (secondary N) is 4. The molecule has 4 aromatic heterocycles. The van der Waals surface area contributed by atoms with E-state index in [9.17, 15) is 0 Å². The van der Waals surface area contributed by atoms with Crippen molar-refractivity contribution in [3.63, 3.8) is 0 Å². The molecule has 0 aliphatic carbocycles. The van der Waals surface area contributed by atoms with Crippen molar-refractivity contribution in [2.45, 2.75) is 25.7 Å². The summed E-state index contributed by atoms with van der Waals surface area (Å²) in [6.07, 6.45) is 13.3. The molecular weight excluding hydrogens is 561 g/mol. The van der Waals surface area contributed by atoms with Crippen LogP contribution in [-0.4, -0.2) is 54.9 Å². The number of benzene rings is 1. The van der Waals surface area contributed by atoms with Gasteiger partial charge in [0.25, 0.3) is 0 Å². The average molecular weight is 592 g/mol. The van der Waals surface area contributed by atoms with Gasteiger partial charge in [-0.3, -0.25) is 0 Å². The van der Waals surface area contributed by atoms with Crippen LogP contribution in [0.2, 0.25) is 0 Å². The second kappa shape index (κ2) is 12.8. The molecule has 0 radical (unpaired) electrons. The molecule has 0 atom stereocenters. The molecular formula is C32H31BrMgN4O+2. The molecule has 5 heterocycles. The van der Waals surface area contributed by atoms with Gasteiger partial charge >= 0.3 is 23.1 Å². The van der Waals surface area contributed by atoms with Crippen molar-refractivity contribution >= 4 is 63.3 Å². The fourth-order valence-electron chi connectivity index (χ4n) is 4.87. The number of aromatic nitrogens is 4. The van der Waals surface area contributed by atoms with E-state index in [1.54, 1.807) is 0 Å². The maximum atomic E-state index is 6.11. The number of fused-ring (bicyclic) bond motifs is 8. The van der Waals surface area contributed by atoms with Gasteiger partial charge in [0.15, 0.2) is 0 Å². The number of hydrogen-bond donors (Lipinski definition) is 4. The molecule has 1 aliphatic heterocycles. The van der Waals surface area contributed by atoms with Crippen molar-refractivity contribution in [2.24, 2.45) is 0 Å². The van der Waals surface area contributed by atoms with Crippen LogP contribution in [0.4, 0.5) is 0 Å². The van der Waals surface area contributed by atoms with Crippen molar-refractivity contribution in [3.8, 4) is 16.9 Å². The normalized spacial score (nSPS) is 11.9.